The van der Waals surface area contributed by atoms with Gasteiger partial charge in [-0.05, 0) is 30.4 Å². The zero-order valence-electron chi connectivity index (χ0n) is 14.3. The Hall–Kier alpha value is -2.40. The lowest BCUT2D eigenvalue weighted by Gasteiger charge is -2.25. The van der Waals surface area contributed by atoms with Gasteiger partial charge in [0, 0.05) is 24.5 Å². The summed E-state index contributed by atoms with van der Waals surface area (Å²) in [6.45, 7) is 0.156. The molecule has 0 bridgehead atoms. The van der Waals surface area contributed by atoms with E-state index in [9.17, 15) is 9.90 Å². The van der Waals surface area contributed by atoms with Crippen molar-refractivity contribution in [1.82, 2.24) is 15.6 Å². The standard InChI is InChI=1S/C20H25N3O2/c24-18(17-11-6-12-21-13-17)14-22-20(25)23-19(16-9-4-5-10-16)15-7-2-1-3-8-15/h1-3,6-8,11-13,16,18-19,24H,4-5,9-10,14H2,(H2,22,23,25)/t18-,19+/m1/s1. The molecule has 0 spiro atoms. The maximum Gasteiger partial charge on any atom is 0.315 e. The minimum Gasteiger partial charge on any atom is -0.387 e. The largest absolute Gasteiger partial charge is 0.387 e. The molecule has 1 saturated carbocycles. The fourth-order valence-corrected chi connectivity index (χ4v) is 3.50. The highest BCUT2D eigenvalue weighted by Crippen LogP contribution is 2.35. The Morgan fingerprint density at radius 3 is 2.52 bits per heavy atom. The van der Waals surface area contributed by atoms with Crippen molar-refractivity contribution >= 4 is 6.03 Å². The third kappa shape index (κ3) is 4.79. The first kappa shape index (κ1) is 17.4. The first-order chi connectivity index (χ1) is 12.2. The fourth-order valence-electron chi connectivity index (χ4n) is 3.50. The molecule has 2 aromatic rings. The van der Waals surface area contributed by atoms with Gasteiger partial charge >= 0.3 is 6.03 Å². The van der Waals surface area contributed by atoms with E-state index in [-0.39, 0.29) is 18.6 Å². The summed E-state index contributed by atoms with van der Waals surface area (Å²) in [5.41, 5.74) is 1.83. The number of benzene rings is 1. The second kappa shape index (κ2) is 8.62. The van der Waals surface area contributed by atoms with Crippen LogP contribution in [0.15, 0.2) is 54.9 Å². The van der Waals surface area contributed by atoms with Crippen LogP contribution in [0.3, 0.4) is 0 Å². The molecular formula is C20H25N3O2. The van der Waals surface area contributed by atoms with Crippen molar-refractivity contribution < 1.29 is 9.90 Å². The Bertz CT molecular complexity index is 657. The topological polar surface area (TPSA) is 74.2 Å². The average molecular weight is 339 g/mol. The van der Waals surface area contributed by atoms with Gasteiger partial charge in [0.15, 0.2) is 0 Å². The summed E-state index contributed by atoms with van der Waals surface area (Å²) in [7, 11) is 0. The van der Waals surface area contributed by atoms with Crippen LogP contribution in [0.5, 0.6) is 0 Å². The number of pyridine rings is 1. The van der Waals surface area contributed by atoms with Crippen molar-refractivity contribution in [3.63, 3.8) is 0 Å². The van der Waals surface area contributed by atoms with Crippen LogP contribution < -0.4 is 10.6 Å². The number of hydrogen-bond donors (Lipinski definition) is 3. The van der Waals surface area contributed by atoms with Crippen molar-refractivity contribution in [2.24, 2.45) is 5.92 Å². The normalized spacial score (nSPS) is 17.0. The van der Waals surface area contributed by atoms with Crippen molar-refractivity contribution in [3.05, 3.63) is 66.0 Å². The van der Waals surface area contributed by atoms with Crippen LogP contribution in [0.25, 0.3) is 0 Å². The molecule has 5 heteroatoms. The van der Waals surface area contributed by atoms with Crippen LogP contribution in [0.2, 0.25) is 0 Å². The van der Waals surface area contributed by atoms with E-state index in [4.69, 9.17) is 0 Å². The summed E-state index contributed by atoms with van der Waals surface area (Å²) in [6, 6.07) is 13.4. The molecular weight excluding hydrogens is 314 g/mol. The second-order valence-electron chi connectivity index (χ2n) is 6.59. The summed E-state index contributed by atoms with van der Waals surface area (Å²) in [5.74, 6) is 0.469. The van der Waals surface area contributed by atoms with E-state index in [1.165, 1.54) is 12.8 Å². The predicted molar refractivity (Wildman–Crippen MR) is 96.9 cm³/mol. The van der Waals surface area contributed by atoms with Gasteiger partial charge in [-0.3, -0.25) is 4.98 Å². The van der Waals surface area contributed by atoms with E-state index in [1.807, 2.05) is 18.2 Å². The lowest BCUT2D eigenvalue weighted by molar-refractivity contribution is 0.171. The van der Waals surface area contributed by atoms with Crippen LogP contribution in [-0.2, 0) is 0 Å². The van der Waals surface area contributed by atoms with Crippen LogP contribution in [-0.4, -0.2) is 22.7 Å². The molecule has 1 aliphatic carbocycles. The summed E-state index contributed by atoms with van der Waals surface area (Å²) in [6.07, 6.45) is 7.21. The molecule has 0 aliphatic heterocycles. The van der Waals surface area contributed by atoms with E-state index in [0.717, 1.165) is 18.4 Å². The van der Waals surface area contributed by atoms with E-state index < -0.39 is 6.10 Å². The molecule has 3 N–H and O–H groups in total. The van der Waals surface area contributed by atoms with Gasteiger partial charge in [-0.1, -0.05) is 49.2 Å². The predicted octanol–water partition coefficient (Wildman–Crippen LogP) is 3.35. The van der Waals surface area contributed by atoms with Crippen LogP contribution >= 0.6 is 0 Å². The number of aliphatic hydroxyl groups excluding tert-OH is 1. The highest BCUT2D eigenvalue weighted by Gasteiger charge is 2.27. The number of nitrogens with one attached hydrogen (secondary N) is 2. The number of carbonyl (C=O) groups excluding carboxylic acids is 1. The molecule has 5 nitrogen and oxygen atoms in total. The van der Waals surface area contributed by atoms with Gasteiger partial charge in [0.1, 0.15) is 0 Å². The van der Waals surface area contributed by atoms with Gasteiger partial charge in [-0.15, -0.1) is 0 Å². The average Bonchev–Trinajstić information content (AvgIpc) is 3.20. The first-order valence-corrected chi connectivity index (χ1v) is 8.91. The van der Waals surface area contributed by atoms with Gasteiger partial charge in [-0.2, -0.15) is 0 Å². The van der Waals surface area contributed by atoms with Gasteiger partial charge < -0.3 is 15.7 Å². The summed E-state index contributed by atoms with van der Waals surface area (Å²) in [4.78, 5) is 16.4. The molecule has 1 heterocycles. The lowest BCUT2D eigenvalue weighted by Crippen LogP contribution is -2.41. The zero-order valence-corrected chi connectivity index (χ0v) is 14.3. The Morgan fingerprint density at radius 2 is 1.84 bits per heavy atom. The Morgan fingerprint density at radius 1 is 1.12 bits per heavy atom. The molecule has 1 aromatic heterocycles. The molecule has 0 radical (unpaired) electrons. The first-order valence-electron chi connectivity index (χ1n) is 8.91. The van der Waals surface area contributed by atoms with Gasteiger partial charge in [0.25, 0.3) is 0 Å². The van der Waals surface area contributed by atoms with Crippen LogP contribution in [0, 0.1) is 5.92 Å². The number of nitrogens with zero attached hydrogens (tertiary/aromatic N) is 1. The fraction of sp³-hybridized carbons (Fsp3) is 0.400. The number of hydrogen-bond acceptors (Lipinski definition) is 3. The number of urea groups is 1. The van der Waals surface area contributed by atoms with Crippen LogP contribution in [0.4, 0.5) is 4.79 Å². The SMILES string of the molecule is O=C(NC[C@@H](O)c1cccnc1)N[C@@H](c1ccccc1)C1CCCC1. The number of aromatic nitrogens is 1. The number of carbonyl (C=O) groups is 1. The lowest BCUT2D eigenvalue weighted by atomic mass is 9.92. The maximum absolute atomic E-state index is 12.4. The summed E-state index contributed by atoms with van der Waals surface area (Å²) < 4.78 is 0. The summed E-state index contributed by atoms with van der Waals surface area (Å²) in [5, 5.41) is 16.0. The minimum atomic E-state index is -0.763. The smallest absolute Gasteiger partial charge is 0.315 e. The molecule has 1 aromatic carbocycles. The molecule has 1 fully saturated rings. The number of aliphatic hydroxyl groups is 1. The van der Waals surface area contributed by atoms with Gasteiger partial charge in [0.05, 0.1) is 12.1 Å². The van der Waals surface area contributed by atoms with E-state index in [2.05, 4.69) is 27.8 Å². The van der Waals surface area contributed by atoms with Crippen LogP contribution in [0.1, 0.15) is 49.0 Å². The van der Waals surface area contributed by atoms with Gasteiger partial charge in [-0.25, -0.2) is 4.79 Å². The number of rotatable bonds is 6. The van der Waals surface area contributed by atoms with E-state index in [1.54, 1.807) is 24.5 Å². The molecule has 1 aliphatic rings. The molecule has 2 amide bonds. The van der Waals surface area contributed by atoms with Crippen molar-refractivity contribution in [3.8, 4) is 0 Å². The second-order valence-corrected chi connectivity index (χ2v) is 6.59. The molecule has 25 heavy (non-hydrogen) atoms. The zero-order chi connectivity index (χ0) is 17.5. The Kier molecular flexibility index (Phi) is 6.01. The minimum absolute atomic E-state index is 0.0132. The van der Waals surface area contributed by atoms with E-state index >= 15 is 0 Å². The monoisotopic (exact) mass is 339 g/mol. The highest BCUT2D eigenvalue weighted by atomic mass is 16.3. The quantitative estimate of drug-likeness (QED) is 0.755. The maximum atomic E-state index is 12.4. The van der Waals surface area contributed by atoms with E-state index in [0.29, 0.717) is 11.5 Å². The summed E-state index contributed by atoms with van der Waals surface area (Å²) >= 11 is 0. The number of amides is 2. The highest BCUT2D eigenvalue weighted by molar-refractivity contribution is 5.74. The molecule has 0 saturated heterocycles. The Labute approximate surface area is 148 Å². The van der Waals surface area contributed by atoms with Crippen molar-refractivity contribution in [2.45, 2.75) is 37.8 Å². The molecule has 0 unspecified atom stereocenters. The third-order valence-corrected chi connectivity index (χ3v) is 4.84. The van der Waals surface area contributed by atoms with Gasteiger partial charge in [0.2, 0.25) is 0 Å². The Balaban J connectivity index is 1.58. The van der Waals surface area contributed by atoms with Crippen molar-refractivity contribution in [2.75, 3.05) is 6.54 Å². The third-order valence-electron chi connectivity index (χ3n) is 4.84. The molecule has 2 atom stereocenters. The molecule has 132 valence electrons. The van der Waals surface area contributed by atoms with Crippen molar-refractivity contribution in [1.29, 1.82) is 0 Å². The molecule has 3 rings (SSSR count).